The molecule has 0 saturated heterocycles. The summed E-state index contributed by atoms with van der Waals surface area (Å²) in [6, 6.07) is 7.28. The quantitative estimate of drug-likeness (QED) is 0.487. The molecule has 0 saturated carbocycles. The number of benzene rings is 1. The largest absolute Gasteiger partial charge is 0.480 e. The van der Waals surface area contributed by atoms with Crippen LogP contribution in [0.4, 0.5) is 0 Å². The summed E-state index contributed by atoms with van der Waals surface area (Å²) < 4.78 is 0. The first-order chi connectivity index (χ1) is 7.63. The molecule has 16 heavy (non-hydrogen) atoms. The van der Waals surface area contributed by atoms with Crippen LogP contribution in [0.5, 0.6) is 0 Å². The molecular formula is C11H12ClNO3. The normalized spacial score (nSPS) is 12.6. The Bertz CT molecular complexity index is 375. The number of hydrogen-bond donors (Lipinski definition) is 1. The third-order valence-electron chi connectivity index (χ3n) is 1.97. The Labute approximate surface area is 98.5 Å². The van der Waals surface area contributed by atoms with E-state index >= 15 is 0 Å². The van der Waals surface area contributed by atoms with Crippen molar-refractivity contribution in [3.05, 3.63) is 35.4 Å². The number of carboxylic acid groups (broad SMARTS) is 1. The van der Waals surface area contributed by atoms with E-state index in [1.165, 1.54) is 7.11 Å². The highest BCUT2D eigenvalue weighted by atomic mass is 35.5. The molecule has 1 rings (SSSR count). The van der Waals surface area contributed by atoms with E-state index in [9.17, 15) is 4.79 Å². The SMILES string of the molecule is CON=Cc1ccc(CC(Cl)C(=O)O)cc1. The zero-order valence-electron chi connectivity index (χ0n) is 8.76. The highest BCUT2D eigenvalue weighted by Gasteiger charge is 2.13. The van der Waals surface area contributed by atoms with Crippen molar-refractivity contribution < 1.29 is 14.7 Å². The fraction of sp³-hybridized carbons (Fsp3) is 0.273. The summed E-state index contributed by atoms with van der Waals surface area (Å²) in [6.07, 6.45) is 1.87. The Morgan fingerprint density at radius 2 is 2.19 bits per heavy atom. The molecule has 4 nitrogen and oxygen atoms in total. The molecule has 1 aromatic rings. The summed E-state index contributed by atoms with van der Waals surface area (Å²) >= 11 is 5.63. The molecule has 0 spiro atoms. The number of halogens is 1. The highest BCUT2D eigenvalue weighted by molar-refractivity contribution is 6.29. The predicted octanol–water partition coefficient (Wildman–Crippen LogP) is 1.90. The second-order valence-corrected chi connectivity index (χ2v) is 3.70. The lowest BCUT2D eigenvalue weighted by atomic mass is 10.1. The van der Waals surface area contributed by atoms with Gasteiger partial charge in [-0.25, -0.2) is 0 Å². The van der Waals surface area contributed by atoms with Crippen LogP contribution in [0, 0.1) is 0 Å². The Morgan fingerprint density at radius 3 is 2.69 bits per heavy atom. The van der Waals surface area contributed by atoms with Crippen LogP contribution < -0.4 is 0 Å². The summed E-state index contributed by atoms with van der Waals surface area (Å²) in [5, 5.41) is 11.4. The third-order valence-corrected chi connectivity index (χ3v) is 2.31. The van der Waals surface area contributed by atoms with E-state index in [1.54, 1.807) is 6.21 Å². The lowest BCUT2D eigenvalue weighted by Crippen LogP contribution is -2.15. The lowest BCUT2D eigenvalue weighted by molar-refractivity contribution is -0.136. The van der Waals surface area contributed by atoms with Gasteiger partial charge in [0.1, 0.15) is 12.5 Å². The number of nitrogens with zero attached hydrogens (tertiary/aromatic N) is 1. The molecule has 0 amide bonds. The summed E-state index contributed by atoms with van der Waals surface area (Å²) in [4.78, 5) is 15.1. The van der Waals surface area contributed by atoms with Crippen molar-refractivity contribution in [1.82, 2.24) is 0 Å². The van der Waals surface area contributed by atoms with Gasteiger partial charge in [0.05, 0.1) is 6.21 Å². The van der Waals surface area contributed by atoms with Gasteiger partial charge in [-0.05, 0) is 17.5 Å². The van der Waals surface area contributed by atoms with Gasteiger partial charge in [0.25, 0.3) is 0 Å². The number of alkyl halides is 1. The first-order valence-corrected chi connectivity index (χ1v) is 5.09. The Morgan fingerprint density at radius 1 is 1.56 bits per heavy atom. The van der Waals surface area contributed by atoms with Crippen LogP contribution in [-0.2, 0) is 16.1 Å². The topological polar surface area (TPSA) is 58.9 Å². The van der Waals surface area contributed by atoms with Crippen molar-refractivity contribution in [1.29, 1.82) is 0 Å². The Balaban J connectivity index is 2.64. The number of hydrogen-bond acceptors (Lipinski definition) is 3. The van der Waals surface area contributed by atoms with Crippen molar-refractivity contribution in [2.45, 2.75) is 11.8 Å². The average Bonchev–Trinajstić information content (AvgIpc) is 2.28. The predicted molar refractivity (Wildman–Crippen MR) is 62.0 cm³/mol. The van der Waals surface area contributed by atoms with Gasteiger partial charge >= 0.3 is 5.97 Å². The number of carboxylic acids is 1. The van der Waals surface area contributed by atoms with Gasteiger partial charge in [0, 0.05) is 0 Å². The minimum absolute atomic E-state index is 0.304. The van der Waals surface area contributed by atoms with E-state index in [1.807, 2.05) is 24.3 Å². The number of oxime groups is 1. The monoisotopic (exact) mass is 241 g/mol. The van der Waals surface area contributed by atoms with Gasteiger partial charge in [0.2, 0.25) is 0 Å². The van der Waals surface area contributed by atoms with Gasteiger partial charge in [-0.15, -0.1) is 11.6 Å². The van der Waals surface area contributed by atoms with Crippen LogP contribution in [0.3, 0.4) is 0 Å². The second-order valence-electron chi connectivity index (χ2n) is 3.17. The molecule has 0 aliphatic carbocycles. The fourth-order valence-electron chi connectivity index (χ4n) is 1.15. The highest BCUT2D eigenvalue weighted by Crippen LogP contribution is 2.09. The van der Waals surface area contributed by atoms with E-state index in [0.717, 1.165) is 11.1 Å². The van der Waals surface area contributed by atoms with Crippen LogP contribution in [0.15, 0.2) is 29.4 Å². The standard InChI is InChI=1S/C11H12ClNO3/c1-16-13-7-9-4-2-8(3-5-9)6-10(12)11(14)15/h2-5,7,10H,6H2,1H3,(H,14,15). The van der Waals surface area contributed by atoms with Crippen LogP contribution in [0.25, 0.3) is 0 Å². The van der Waals surface area contributed by atoms with Crippen molar-refractivity contribution in [3.8, 4) is 0 Å². The summed E-state index contributed by atoms with van der Waals surface area (Å²) in [5.41, 5.74) is 1.75. The van der Waals surface area contributed by atoms with Crippen LogP contribution >= 0.6 is 11.6 Å². The third kappa shape index (κ3) is 3.90. The molecule has 0 heterocycles. The average molecular weight is 242 g/mol. The minimum Gasteiger partial charge on any atom is -0.480 e. The Kier molecular flexibility index (Phi) is 4.79. The molecule has 0 aliphatic heterocycles. The number of rotatable bonds is 5. The number of aliphatic carboxylic acids is 1. The Hall–Kier alpha value is -1.55. The van der Waals surface area contributed by atoms with E-state index in [2.05, 4.69) is 9.99 Å². The van der Waals surface area contributed by atoms with Crippen molar-refractivity contribution in [2.75, 3.05) is 7.11 Å². The molecule has 0 radical (unpaired) electrons. The molecular weight excluding hydrogens is 230 g/mol. The molecule has 0 aromatic heterocycles. The summed E-state index contributed by atoms with van der Waals surface area (Å²) in [5.74, 6) is -1.01. The van der Waals surface area contributed by atoms with Gasteiger partial charge < -0.3 is 9.94 Å². The molecule has 1 atom stereocenters. The first-order valence-electron chi connectivity index (χ1n) is 4.66. The fourth-order valence-corrected chi connectivity index (χ4v) is 1.33. The molecule has 1 unspecified atom stereocenters. The van der Waals surface area contributed by atoms with Crippen LogP contribution in [0.2, 0.25) is 0 Å². The zero-order chi connectivity index (χ0) is 12.0. The van der Waals surface area contributed by atoms with E-state index < -0.39 is 11.3 Å². The number of carbonyl (C=O) groups is 1. The molecule has 0 fully saturated rings. The van der Waals surface area contributed by atoms with E-state index in [-0.39, 0.29) is 0 Å². The maximum atomic E-state index is 10.5. The van der Waals surface area contributed by atoms with Crippen molar-refractivity contribution in [3.63, 3.8) is 0 Å². The van der Waals surface area contributed by atoms with E-state index in [4.69, 9.17) is 16.7 Å². The van der Waals surface area contributed by atoms with Gasteiger partial charge in [-0.3, -0.25) is 4.79 Å². The molecule has 0 aliphatic rings. The maximum absolute atomic E-state index is 10.5. The molecule has 5 heteroatoms. The second kappa shape index (κ2) is 6.12. The summed E-state index contributed by atoms with van der Waals surface area (Å²) in [6.45, 7) is 0. The molecule has 86 valence electrons. The minimum atomic E-state index is -1.01. The van der Waals surface area contributed by atoms with E-state index in [0.29, 0.717) is 6.42 Å². The molecule has 1 aromatic carbocycles. The smallest absolute Gasteiger partial charge is 0.321 e. The lowest BCUT2D eigenvalue weighted by Gasteiger charge is -2.04. The maximum Gasteiger partial charge on any atom is 0.321 e. The zero-order valence-corrected chi connectivity index (χ0v) is 9.52. The molecule has 1 N–H and O–H groups in total. The van der Waals surface area contributed by atoms with Crippen molar-refractivity contribution in [2.24, 2.45) is 5.16 Å². The van der Waals surface area contributed by atoms with Crippen LogP contribution in [0.1, 0.15) is 11.1 Å². The van der Waals surface area contributed by atoms with Crippen molar-refractivity contribution >= 4 is 23.8 Å². The van der Waals surface area contributed by atoms with Gasteiger partial charge in [0.15, 0.2) is 0 Å². The van der Waals surface area contributed by atoms with Crippen LogP contribution in [-0.4, -0.2) is 29.8 Å². The van der Waals surface area contributed by atoms with Gasteiger partial charge in [-0.2, -0.15) is 0 Å². The summed E-state index contributed by atoms with van der Waals surface area (Å²) in [7, 11) is 1.47. The first kappa shape index (κ1) is 12.5. The molecule has 0 bridgehead atoms. The van der Waals surface area contributed by atoms with Gasteiger partial charge in [-0.1, -0.05) is 29.4 Å².